The second-order valence-corrected chi connectivity index (χ2v) is 5.06. The van der Waals surface area contributed by atoms with Crippen LogP contribution in [0.25, 0.3) is 11.0 Å². The molecule has 0 saturated carbocycles. The van der Waals surface area contributed by atoms with Gasteiger partial charge in [0.1, 0.15) is 11.1 Å². The van der Waals surface area contributed by atoms with Gasteiger partial charge in [-0.25, -0.2) is 4.79 Å². The number of hydrogen-bond donors (Lipinski definition) is 0. The Balaban J connectivity index is 2.42. The van der Waals surface area contributed by atoms with Gasteiger partial charge in [0.05, 0.1) is 0 Å². The van der Waals surface area contributed by atoms with Crippen molar-refractivity contribution in [3.8, 4) is 0 Å². The molecule has 0 bridgehead atoms. The number of hydrogen-bond acceptors (Lipinski definition) is 3. The van der Waals surface area contributed by atoms with E-state index < -0.39 is 5.63 Å². The number of carbonyl (C=O) groups excluding carboxylic acids is 1. The van der Waals surface area contributed by atoms with Gasteiger partial charge in [-0.05, 0) is 18.1 Å². The summed E-state index contributed by atoms with van der Waals surface area (Å²) >= 11 is 0. The molecule has 1 aromatic carbocycles. The molecule has 100 valence electrons. The predicted molar refractivity (Wildman–Crippen MR) is 74.3 cm³/mol. The number of carbonyl (C=O) groups is 1. The third kappa shape index (κ3) is 2.84. The van der Waals surface area contributed by atoms with Gasteiger partial charge in [0, 0.05) is 19.0 Å². The average Bonchev–Trinajstić information content (AvgIpc) is 2.36. The fraction of sp³-hybridized carbons (Fsp3) is 0.333. The summed E-state index contributed by atoms with van der Waals surface area (Å²) in [4.78, 5) is 25.6. The molecular formula is C15H17NO3. The van der Waals surface area contributed by atoms with E-state index in [0.29, 0.717) is 18.0 Å². The summed E-state index contributed by atoms with van der Waals surface area (Å²) < 4.78 is 5.17. The zero-order valence-corrected chi connectivity index (χ0v) is 11.3. The quantitative estimate of drug-likeness (QED) is 0.796. The van der Waals surface area contributed by atoms with E-state index in [1.54, 1.807) is 30.1 Å². The molecule has 4 heteroatoms. The van der Waals surface area contributed by atoms with E-state index in [0.717, 1.165) is 5.39 Å². The molecule has 0 aliphatic rings. The molecule has 0 atom stereocenters. The van der Waals surface area contributed by atoms with E-state index in [4.69, 9.17) is 4.42 Å². The lowest BCUT2D eigenvalue weighted by atomic mass is 10.1. The van der Waals surface area contributed by atoms with E-state index in [-0.39, 0.29) is 11.5 Å². The van der Waals surface area contributed by atoms with Crippen molar-refractivity contribution in [1.82, 2.24) is 4.90 Å². The molecule has 1 aromatic heterocycles. The Morgan fingerprint density at radius 2 is 2.00 bits per heavy atom. The Morgan fingerprint density at radius 3 is 2.68 bits per heavy atom. The number of nitrogens with zero attached hydrogens (tertiary/aromatic N) is 1. The Bertz CT molecular complexity index is 658. The van der Waals surface area contributed by atoms with Crippen molar-refractivity contribution in [2.75, 3.05) is 13.6 Å². The maximum absolute atomic E-state index is 12.2. The molecule has 0 fully saturated rings. The molecule has 4 nitrogen and oxygen atoms in total. The van der Waals surface area contributed by atoms with E-state index >= 15 is 0 Å². The van der Waals surface area contributed by atoms with Crippen LogP contribution in [0.15, 0.2) is 39.5 Å². The smallest absolute Gasteiger partial charge is 0.349 e. The molecule has 0 saturated heterocycles. The lowest BCUT2D eigenvalue weighted by Crippen LogP contribution is -2.33. The molecule has 19 heavy (non-hydrogen) atoms. The minimum absolute atomic E-state index is 0.0850. The molecule has 0 N–H and O–H groups in total. The van der Waals surface area contributed by atoms with Crippen molar-refractivity contribution in [3.05, 3.63) is 46.3 Å². The second kappa shape index (κ2) is 5.26. The molecule has 1 amide bonds. The summed E-state index contributed by atoms with van der Waals surface area (Å²) in [7, 11) is 1.69. The molecule has 1 heterocycles. The normalized spacial score (nSPS) is 10.9. The van der Waals surface area contributed by atoms with Crippen molar-refractivity contribution >= 4 is 16.9 Å². The standard InChI is InChI=1S/C15H17NO3/c1-10(2)9-16(3)14(17)12-8-11-6-4-5-7-13(11)19-15(12)18/h4-8,10H,9H2,1-3H3. The maximum atomic E-state index is 12.2. The Morgan fingerprint density at radius 1 is 1.32 bits per heavy atom. The van der Waals surface area contributed by atoms with E-state index in [2.05, 4.69) is 0 Å². The van der Waals surface area contributed by atoms with Crippen LogP contribution in [0.3, 0.4) is 0 Å². The fourth-order valence-corrected chi connectivity index (χ4v) is 2.05. The topological polar surface area (TPSA) is 50.5 Å². The zero-order valence-electron chi connectivity index (χ0n) is 11.3. The number of para-hydroxylation sites is 1. The first kappa shape index (κ1) is 13.3. The zero-order chi connectivity index (χ0) is 14.0. The first-order valence-electron chi connectivity index (χ1n) is 6.27. The van der Waals surface area contributed by atoms with E-state index in [1.165, 1.54) is 0 Å². The van der Waals surface area contributed by atoms with Crippen LogP contribution in [0.1, 0.15) is 24.2 Å². The lowest BCUT2D eigenvalue weighted by Gasteiger charge is -2.18. The Kier molecular flexibility index (Phi) is 3.69. The Hall–Kier alpha value is -2.10. The highest BCUT2D eigenvalue weighted by molar-refractivity contribution is 5.96. The largest absolute Gasteiger partial charge is 0.422 e. The summed E-state index contributed by atoms with van der Waals surface area (Å²) in [6.45, 7) is 4.64. The molecular weight excluding hydrogens is 242 g/mol. The molecule has 0 unspecified atom stereocenters. The third-order valence-electron chi connectivity index (χ3n) is 2.86. The predicted octanol–water partition coefficient (Wildman–Crippen LogP) is 2.52. The molecule has 2 aromatic rings. The summed E-state index contributed by atoms with van der Waals surface area (Å²) in [5.74, 6) is 0.0506. The highest BCUT2D eigenvalue weighted by Crippen LogP contribution is 2.13. The monoisotopic (exact) mass is 259 g/mol. The van der Waals surface area contributed by atoms with Gasteiger partial charge in [0.15, 0.2) is 0 Å². The minimum atomic E-state index is -0.584. The molecule has 0 aliphatic carbocycles. The fourth-order valence-electron chi connectivity index (χ4n) is 2.05. The SMILES string of the molecule is CC(C)CN(C)C(=O)c1cc2ccccc2oc1=O. The van der Waals surface area contributed by atoms with Crippen LogP contribution in [0.4, 0.5) is 0 Å². The van der Waals surface area contributed by atoms with Crippen molar-refractivity contribution in [2.24, 2.45) is 5.92 Å². The second-order valence-electron chi connectivity index (χ2n) is 5.06. The van der Waals surface area contributed by atoms with Crippen LogP contribution in [-0.4, -0.2) is 24.4 Å². The van der Waals surface area contributed by atoms with Crippen LogP contribution in [-0.2, 0) is 0 Å². The third-order valence-corrected chi connectivity index (χ3v) is 2.86. The maximum Gasteiger partial charge on any atom is 0.349 e. The lowest BCUT2D eigenvalue weighted by molar-refractivity contribution is 0.0775. The van der Waals surface area contributed by atoms with Gasteiger partial charge in [-0.1, -0.05) is 32.0 Å². The summed E-state index contributed by atoms with van der Waals surface area (Å²) in [6.07, 6.45) is 0. The van der Waals surface area contributed by atoms with Gasteiger partial charge in [0.25, 0.3) is 5.91 Å². The van der Waals surface area contributed by atoms with Crippen LogP contribution >= 0.6 is 0 Å². The number of amides is 1. The number of rotatable bonds is 3. The van der Waals surface area contributed by atoms with Crippen molar-refractivity contribution < 1.29 is 9.21 Å². The summed E-state index contributed by atoms with van der Waals surface area (Å²) in [5, 5.41) is 0.753. The summed E-state index contributed by atoms with van der Waals surface area (Å²) in [6, 6.07) is 8.76. The van der Waals surface area contributed by atoms with E-state index in [1.807, 2.05) is 26.0 Å². The highest BCUT2D eigenvalue weighted by Gasteiger charge is 2.18. The van der Waals surface area contributed by atoms with Crippen LogP contribution in [0.2, 0.25) is 0 Å². The highest BCUT2D eigenvalue weighted by atomic mass is 16.4. The first-order chi connectivity index (χ1) is 8.99. The van der Waals surface area contributed by atoms with Crippen LogP contribution < -0.4 is 5.63 Å². The molecule has 0 aliphatic heterocycles. The van der Waals surface area contributed by atoms with Gasteiger partial charge >= 0.3 is 5.63 Å². The van der Waals surface area contributed by atoms with Crippen LogP contribution in [0, 0.1) is 5.92 Å². The van der Waals surface area contributed by atoms with E-state index in [9.17, 15) is 9.59 Å². The number of fused-ring (bicyclic) bond motifs is 1. The molecule has 2 rings (SSSR count). The molecule has 0 spiro atoms. The molecule has 0 radical (unpaired) electrons. The number of benzene rings is 1. The van der Waals surface area contributed by atoms with Gasteiger partial charge in [-0.15, -0.1) is 0 Å². The first-order valence-corrected chi connectivity index (χ1v) is 6.27. The van der Waals surface area contributed by atoms with Crippen LogP contribution in [0.5, 0.6) is 0 Å². The van der Waals surface area contributed by atoms with Crippen molar-refractivity contribution in [2.45, 2.75) is 13.8 Å². The Labute approximate surface area is 111 Å². The van der Waals surface area contributed by atoms with Gasteiger partial charge in [-0.2, -0.15) is 0 Å². The van der Waals surface area contributed by atoms with Gasteiger partial charge in [-0.3, -0.25) is 4.79 Å². The minimum Gasteiger partial charge on any atom is -0.422 e. The van der Waals surface area contributed by atoms with Gasteiger partial charge in [0.2, 0.25) is 0 Å². The average molecular weight is 259 g/mol. The van der Waals surface area contributed by atoms with Crippen molar-refractivity contribution in [3.63, 3.8) is 0 Å². The summed E-state index contributed by atoms with van der Waals surface area (Å²) in [5.41, 5.74) is -0.00304. The van der Waals surface area contributed by atoms with Gasteiger partial charge < -0.3 is 9.32 Å². The van der Waals surface area contributed by atoms with Crippen molar-refractivity contribution in [1.29, 1.82) is 0 Å².